The SMILES string of the molecule is CNCc1ccc(OCCN(C)C2CCC2)cc1. The predicted octanol–water partition coefficient (Wildman–Crippen LogP) is 2.27. The first-order valence-electron chi connectivity index (χ1n) is 6.86. The van der Waals surface area contributed by atoms with Gasteiger partial charge in [0.05, 0.1) is 0 Å². The first kappa shape index (κ1) is 13.4. The molecule has 1 aliphatic rings. The van der Waals surface area contributed by atoms with Crippen LogP contribution >= 0.6 is 0 Å². The molecule has 0 aliphatic heterocycles. The van der Waals surface area contributed by atoms with Crippen LogP contribution < -0.4 is 10.1 Å². The van der Waals surface area contributed by atoms with Gasteiger partial charge in [0.2, 0.25) is 0 Å². The van der Waals surface area contributed by atoms with Crippen molar-refractivity contribution < 1.29 is 4.74 Å². The van der Waals surface area contributed by atoms with E-state index in [9.17, 15) is 0 Å². The van der Waals surface area contributed by atoms with Gasteiger partial charge in [0.1, 0.15) is 12.4 Å². The zero-order valence-electron chi connectivity index (χ0n) is 11.5. The van der Waals surface area contributed by atoms with E-state index in [1.807, 2.05) is 7.05 Å². The lowest BCUT2D eigenvalue weighted by Crippen LogP contribution is -2.39. The molecule has 1 N–H and O–H groups in total. The zero-order chi connectivity index (χ0) is 12.8. The summed E-state index contributed by atoms with van der Waals surface area (Å²) >= 11 is 0. The minimum absolute atomic E-state index is 0.776. The highest BCUT2D eigenvalue weighted by Gasteiger charge is 2.21. The summed E-state index contributed by atoms with van der Waals surface area (Å²) in [6.07, 6.45) is 4.10. The third-order valence-electron chi connectivity index (χ3n) is 3.72. The second-order valence-electron chi connectivity index (χ2n) is 5.09. The van der Waals surface area contributed by atoms with E-state index in [-0.39, 0.29) is 0 Å². The van der Waals surface area contributed by atoms with Crippen molar-refractivity contribution in [2.24, 2.45) is 0 Å². The summed E-state index contributed by atoms with van der Waals surface area (Å²) in [5, 5.41) is 3.14. The average molecular weight is 248 g/mol. The van der Waals surface area contributed by atoms with Gasteiger partial charge < -0.3 is 15.0 Å². The van der Waals surface area contributed by atoms with Crippen LogP contribution in [0, 0.1) is 0 Å². The number of nitrogens with zero attached hydrogens (tertiary/aromatic N) is 1. The average Bonchev–Trinajstić information content (AvgIpc) is 2.29. The van der Waals surface area contributed by atoms with Crippen LogP contribution in [0.3, 0.4) is 0 Å². The molecule has 1 saturated carbocycles. The Hall–Kier alpha value is -1.06. The summed E-state index contributed by atoms with van der Waals surface area (Å²) < 4.78 is 5.77. The van der Waals surface area contributed by atoms with Gasteiger partial charge in [-0.3, -0.25) is 0 Å². The molecule has 1 fully saturated rings. The van der Waals surface area contributed by atoms with Crippen molar-refractivity contribution in [2.45, 2.75) is 31.8 Å². The second-order valence-corrected chi connectivity index (χ2v) is 5.09. The molecule has 0 aromatic heterocycles. The molecule has 100 valence electrons. The molecule has 0 spiro atoms. The van der Waals surface area contributed by atoms with Gasteiger partial charge in [0.15, 0.2) is 0 Å². The summed E-state index contributed by atoms with van der Waals surface area (Å²) in [5.74, 6) is 0.969. The lowest BCUT2D eigenvalue weighted by molar-refractivity contribution is 0.135. The van der Waals surface area contributed by atoms with Gasteiger partial charge in [0, 0.05) is 19.1 Å². The van der Waals surface area contributed by atoms with E-state index >= 15 is 0 Å². The van der Waals surface area contributed by atoms with E-state index in [0.717, 1.165) is 31.5 Å². The van der Waals surface area contributed by atoms with E-state index in [1.54, 1.807) is 0 Å². The van der Waals surface area contributed by atoms with Crippen LogP contribution in [0.1, 0.15) is 24.8 Å². The maximum atomic E-state index is 5.77. The van der Waals surface area contributed by atoms with E-state index in [0.29, 0.717) is 0 Å². The van der Waals surface area contributed by atoms with Crippen molar-refractivity contribution in [1.82, 2.24) is 10.2 Å². The quantitative estimate of drug-likeness (QED) is 0.801. The topological polar surface area (TPSA) is 24.5 Å². The second kappa shape index (κ2) is 6.76. The van der Waals surface area contributed by atoms with Gasteiger partial charge in [-0.15, -0.1) is 0 Å². The summed E-state index contributed by atoms with van der Waals surface area (Å²) in [6, 6.07) is 9.13. The fraction of sp³-hybridized carbons (Fsp3) is 0.600. The number of ether oxygens (including phenoxy) is 1. The molecule has 3 nitrogen and oxygen atoms in total. The third-order valence-corrected chi connectivity index (χ3v) is 3.72. The number of benzene rings is 1. The van der Waals surface area contributed by atoms with Crippen molar-refractivity contribution in [3.05, 3.63) is 29.8 Å². The number of nitrogens with one attached hydrogen (secondary N) is 1. The Morgan fingerprint density at radius 2 is 2.00 bits per heavy atom. The Labute approximate surface area is 110 Å². The Morgan fingerprint density at radius 1 is 1.28 bits per heavy atom. The molecular weight excluding hydrogens is 224 g/mol. The standard InChI is InChI=1S/C15H24N2O/c1-16-12-13-6-8-15(9-7-13)18-11-10-17(2)14-4-3-5-14/h6-9,14,16H,3-5,10-12H2,1-2H3. The van der Waals surface area contributed by atoms with Gasteiger partial charge in [-0.1, -0.05) is 18.6 Å². The minimum Gasteiger partial charge on any atom is -0.492 e. The molecular formula is C15H24N2O. The number of hydrogen-bond donors (Lipinski definition) is 1. The number of rotatable bonds is 7. The van der Waals surface area contributed by atoms with Crippen LogP contribution in [-0.2, 0) is 6.54 Å². The highest BCUT2D eigenvalue weighted by molar-refractivity contribution is 5.27. The molecule has 0 saturated heterocycles. The largest absolute Gasteiger partial charge is 0.492 e. The molecule has 18 heavy (non-hydrogen) atoms. The van der Waals surface area contributed by atoms with E-state index in [2.05, 4.69) is 41.5 Å². The van der Waals surface area contributed by atoms with E-state index in [4.69, 9.17) is 4.74 Å². The first-order valence-corrected chi connectivity index (χ1v) is 6.86. The van der Waals surface area contributed by atoms with Gasteiger partial charge in [-0.05, 0) is 44.6 Å². The summed E-state index contributed by atoms with van der Waals surface area (Å²) in [4.78, 5) is 2.42. The van der Waals surface area contributed by atoms with Crippen molar-refractivity contribution in [3.8, 4) is 5.75 Å². The normalized spacial score (nSPS) is 15.7. The van der Waals surface area contributed by atoms with Crippen LogP contribution in [-0.4, -0.2) is 38.2 Å². The monoisotopic (exact) mass is 248 g/mol. The molecule has 0 amide bonds. The molecule has 0 unspecified atom stereocenters. The Morgan fingerprint density at radius 3 is 2.56 bits per heavy atom. The zero-order valence-corrected chi connectivity index (χ0v) is 11.5. The lowest BCUT2D eigenvalue weighted by atomic mass is 9.92. The highest BCUT2D eigenvalue weighted by atomic mass is 16.5. The van der Waals surface area contributed by atoms with Crippen molar-refractivity contribution >= 4 is 0 Å². The Bertz CT molecular complexity index is 346. The smallest absolute Gasteiger partial charge is 0.119 e. The molecule has 1 aromatic carbocycles. The van der Waals surface area contributed by atoms with E-state index < -0.39 is 0 Å². The first-order chi connectivity index (χ1) is 8.79. The van der Waals surface area contributed by atoms with Gasteiger partial charge >= 0.3 is 0 Å². The fourth-order valence-electron chi connectivity index (χ4n) is 2.23. The third kappa shape index (κ3) is 3.72. The van der Waals surface area contributed by atoms with Crippen LogP contribution in [0.15, 0.2) is 24.3 Å². The molecule has 0 radical (unpaired) electrons. The highest BCUT2D eigenvalue weighted by Crippen LogP contribution is 2.23. The maximum Gasteiger partial charge on any atom is 0.119 e. The Kier molecular flexibility index (Phi) is 5.02. The molecule has 3 heteroatoms. The van der Waals surface area contributed by atoms with Crippen LogP contribution in [0.2, 0.25) is 0 Å². The lowest BCUT2D eigenvalue weighted by Gasteiger charge is -2.34. The minimum atomic E-state index is 0.776. The Balaban J connectivity index is 1.69. The predicted molar refractivity (Wildman–Crippen MR) is 75.0 cm³/mol. The fourth-order valence-corrected chi connectivity index (χ4v) is 2.23. The molecule has 0 atom stereocenters. The van der Waals surface area contributed by atoms with Crippen LogP contribution in [0.4, 0.5) is 0 Å². The summed E-state index contributed by atoms with van der Waals surface area (Å²) in [7, 11) is 4.16. The van der Waals surface area contributed by atoms with Crippen molar-refractivity contribution in [3.63, 3.8) is 0 Å². The summed E-state index contributed by atoms with van der Waals surface area (Å²) in [5.41, 5.74) is 1.29. The van der Waals surface area contributed by atoms with E-state index in [1.165, 1.54) is 24.8 Å². The van der Waals surface area contributed by atoms with Crippen LogP contribution in [0.5, 0.6) is 5.75 Å². The maximum absolute atomic E-state index is 5.77. The van der Waals surface area contributed by atoms with Gasteiger partial charge in [0.25, 0.3) is 0 Å². The molecule has 0 heterocycles. The number of hydrogen-bond acceptors (Lipinski definition) is 3. The van der Waals surface area contributed by atoms with Crippen LogP contribution in [0.25, 0.3) is 0 Å². The number of likely N-dealkylation sites (N-methyl/N-ethyl adjacent to an activating group) is 1. The van der Waals surface area contributed by atoms with Gasteiger partial charge in [-0.25, -0.2) is 0 Å². The van der Waals surface area contributed by atoms with Gasteiger partial charge in [-0.2, -0.15) is 0 Å². The molecule has 2 rings (SSSR count). The molecule has 1 aromatic rings. The van der Waals surface area contributed by atoms with Crippen molar-refractivity contribution in [2.75, 3.05) is 27.2 Å². The summed E-state index contributed by atoms with van der Waals surface area (Å²) in [6.45, 7) is 2.70. The molecule has 1 aliphatic carbocycles. The molecule has 0 bridgehead atoms. The van der Waals surface area contributed by atoms with Crippen molar-refractivity contribution in [1.29, 1.82) is 0 Å².